The molecular formula is C25H19Cl2NO5. The molecule has 0 fully saturated rings. The minimum atomic E-state index is -0.538. The first-order chi connectivity index (χ1) is 16.0. The van der Waals surface area contributed by atoms with E-state index in [9.17, 15) is 4.79 Å². The first-order valence-corrected chi connectivity index (χ1v) is 10.6. The highest BCUT2D eigenvalue weighted by Gasteiger charge is 2.24. The lowest BCUT2D eigenvalue weighted by Crippen LogP contribution is -2.05. The number of nitrogens with zero attached hydrogens (tertiary/aromatic N) is 1. The molecule has 0 radical (unpaired) electrons. The number of cyclic esters (lactones) is 1. The van der Waals surface area contributed by atoms with Crippen molar-refractivity contribution >= 4 is 41.1 Å². The quantitative estimate of drug-likeness (QED) is 0.307. The van der Waals surface area contributed by atoms with Crippen molar-refractivity contribution in [2.45, 2.75) is 6.61 Å². The SMILES string of the molecule is COc1cccc(C2=NC(=Cc3ccc(OCc4ccc(Cl)cc4Cl)c(OC)c3)C(=O)O2)c1. The number of hydrogen-bond donors (Lipinski definition) is 0. The molecule has 6 nitrogen and oxygen atoms in total. The van der Waals surface area contributed by atoms with E-state index < -0.39 is 5.97 Å². The molecule has 3 aromatic rings. The molecule has 4 rings (SSSR count). The highest BCUT2D eigenvalue weighted by molar-refractivity contribution is 6.35. The number of carbonyl (C=O) groups excluding carboxylic acids is 1. The second kappa shape index (κ2) is 9.98. The first-order valence-electron chi connectivity index (χ1n) is 9.88. The third-order valence-electron chi connectivity index (χ3n) is 4.83. The van der Waals surface area contributed by atoms with Gasteiger partial charge in [-0.05, 0) is 54.1 Å². The molecule has 0 atom stereocenters. The molecule has 0 saturated heterocycles. The maximum Gasteiger partial charge on any atom is 0.363 e. The van der Waals surface area contributed by atoms with Crippen LogP contribution in [0, 0.1) is 0 Å². The summed E-state index contributed by atoms with van der Waals surface area (Å²) in [5, 5.41) is 1.08. The Morgan fingerprint density at radius 3 is 2.58 bits per heavy atom. The van der Waals surface area contributed by atoms with Crippen LogP contribution in [-0.2, 0) is 16.1 Å². The van der Waals surface area contributed by atoms with Crippen LogP contribution in [-0.4, -0.2) is 26.1 Å². The monoisotopic (exact) mass is 483 g/mol. The molecule has 0 bridgehead atoms. The number of aliphatic imine (C=N–C) groups is 1. The third kappa shape index (κ3) is 5.30. The van der Waals surface area contributed by atoms with Gasteiger partial charge in [-0.3, -0.25) is 0 Å². The molecule has 0 unspecified atom stereocenters. The topological polar surface area (TPSA) is 66.3 Å². The van der Waals surface area contributed by atoms with Crippen LogP contribution in [0.4, 0.5) is 0 Å². The fourth-order valence-corrected chi connectivity index (χ4v) is 3.60. The molecule has 0 saturated carbocycles. The lowest BCUT2D eigenvalue weighted by Gasteiger charge is -2.12. The standard InChI is InChI=1S/C25H19Cl2NO5/c1-30-19-5-3-4-16(12-19)24-28-21(25(29)33-24)10-15-6-9-22(23(11-15)31-2)32-14-17-7-8-18(26)13-20(17)27/h3-13H,14H2,1-2H3. The third-order valence-corrected chi connectivity index (χ3v) is 5.41. The second-order valence-corrected chi connectivity index (χ2v) is 7.85. The molecule has 0 aliphatic carbocycles. The van der Waals surface area contributed by atoms with Crippen molar-refractivity contribution < 1.29 is 23.7 Å². The fourth-order valence-electron chi connectivity index (χ4n) is 3.13. The van der Waals surface area contributed by atoms with E-state index in [1.165, 1.54) is 7.11 Å². The largest absolute Gasteiger partial charge is 0.497 e. The molecule has 168 valence electrons. The molecular weight excluding hydrogens is 465 g/mol. The lowest BCUT2D eigenvalue weighted by atomic mass is 10.1. The van der Waals surface area contributed by atoms with Gasteiger partial charge in [0.2, 0.25) is 5.90 Å². The predicted octanol–water partition coefficient (Wildman–Crippen LogP) is 5.93. The molecule has 8 heteroatoms. The molecule has 1 aliphatic heterocycles. The summed E-state index contributed by atoms with van der Waals surface area (Å²) in [5.41, 5.74) is 2.32. The van der Waals surface area contributed by atoms with Crippen molar-refractivity contribution in [3.8, 4) is 17.2 Å². The number of ether oxygens (including phenoxy) is 4. The van der Waals surface area contributed by atoms with Gasteiger partial charge in [-0.15, -0.1) is 0 Å². The number of halogens is 2. The molecule has 1 aliphatic rings. The second-order valence-electron chi connectivity index (χ2n) is 7.00. The molecule has 0 N–H and O–H groups in total. The van der Waals surface area contributed by atoms with E-state index >= 15 is 0 Å². The summed E-state index contributed by atoms with van der Waals surface area (Å²) in [5.74, 6) is 1.35. The number of carbonyl (C=O) groups is 1. The van der Waals surface area contributed by atoms with Crippen LogP contribution in [0.1, 0.15) is 16.7 Å². The zero-order valence-corrected chi connectivity index (χ0v) is 19.3. The van der Waals surface area contributed by atoms with E-state index in [1.807, 2.05) is 0 Å². The first kappa shape index (κ1) is 22.7. The highest BCUT2D eigenvalue weighted by Crippen LogP contribution is 2.31. The van der Waals surface area contributed by atoms with Crippen LogP contribution in [0.5, 0.6) is 17.2 Å². The van der Waals surface area contributed by atoms with Gasteiger partial charge in [0.05, 0.1) is 14.2 Å². The Morgan fingerprint density at radius 2 is 1.82 bits per heavy atom. The average molecular weight is 484 g/mol. The summed E-state index contributed by atoms with van der Waals surface area (Å²) in [4.78, 5) is 16.7. The highest BCUT2D eigenvalue weighted by atomic mass is 35.5. The van der Waals surface area contributed by atoms with Crippen molar-refractivity contribution in [3.63, 3.8) is 0 Å². The number of methoxy groups -OCH3 is 2. The Bertz CT molecular complexity index is 1270. The van der Waals surface area contributed by atoms with Crippen molar-refractivity contribution in [1.29, 1.82) is 0 Å². The normalized spacial score (nSPS) is 14.1. The Balaban J connectivity index is 1.54. The zero-order valence-electron chi connectivity index (χ0n) is 17.8. The van der Waals surface area contributed by atoms with Crippen LogP contribution in [0.15, 0.2) is 71.4 Å². The van der Waals surface area contributed by atoms with E-state index in [2.05, 4.69) is 4.99 Å². The molecule has 33 heavy (non-hydrogen) atoms. The number of esters is 1. The minimum absolute atomic E-state index is 0.177. The van der Waals surface area contributed by atoms with Gasteiger partial charge in [0.15, 0.2) is 17.2 Å². The van der Waals surface area contributed by atoms with Gasteiger partial charge >= 0.3 is 5.97 Å². The van der Waals surface area contributed by atoms with E-state index in [1.54, 1.807) is 73.8 Å². The summed E-state index contributed by atoms with van der Waals surface area (Å²) in [6, 6.07) is 17.6. The summed E-state index contributed by atoms with van der Waals surface area (Å²) in [6.45, 7) is 0.243. The molecule has 0 spiro atoms. The van der Waals surface area contributed by atoms with Crippen molar-refractivity contribution in [2.24, 2.45) is 4.99 Å². The van der Waals surface area contributed by atoms with E-state index in [4.69, 9.17) is 42.1 Å². The van der Waals surface area contributed by atoms with Crippen LogP contribution in [0.3, 0.4) is 0 Å². The van der Waals surface area contributed by atoms with Gasteiger partial charge in [0.1, 0.15) is 12.4 Å². The van der Waals surface area contributed by atoms with E-state index in [0.717, 1.165) is 5.56 Å². The van der Waals surface area contributed by atoms with E-state index in [-0.39, 0.29) is 18.2 Å². The molecule has 0 aromatic heterocycles. The number of hydrogen-bond acceptors (Lipinski definition) is 6. The van der Waals surface area contributed by atoms with Crippen LogP contribution < -0.4 is 14.2 Å². The maximum absolute atomic E-state index is 12.3. The van der Waals surface area contributed by atoms with Crippen molar-refractivity contribution in [3.05, 3.63) is 93.1 Å². The Hall–Kier alpha value is -3.48. The smallest absolute Gasteiger partial charge is 0.363 e. The Morgan fingerprint density at radius 1 is 0.970 bits per heavy atom. The number of benzene rings is 3. The van der Waals surface area contributed by atoms with Crippen molar-refractivity contribution in [2.75, 3.05) is 14.2 Å². The van der Waals surface area contributed by atoms with Gasteiger partial charge in [0.25, 0.3) is 0 Å². The van der Waals surface area contributed by atoms with Crippen LogP contribution >= 0.6 is 23.2 Å². The van der Waals surface area contributed by atoms with Crippen LogP contribution in [0.25, 0.3) is 6.08 Å². The average Bonchev–Trinajstić information content (AvgIpc) is 3.19. The van der Waals surface area contributed by atoms with Crippen molar-refractivity contribution in [1.82, 2.24) is 0 Å². The summed E-state index contributed by atoms with van der Waals surface area (Å²) in [6.07, 6.45) is 1.62. The van der Waals surface area contributed by atoms with Gasteiger partial charge in [0, 0.05) is 21.2 Å². The maximum atomic E-state index is 12.3. The van der Waals surface area contributed by atoms with Gasteiger partial charge in [-0.2, -0.15) is 0 Å². The minimum Gasteiger partial charge on any atom is -0.497 e. The molecule has 3 aromatic carbocycles. The number of rotatable bonds is 7. The van der Waals surface area contributed by atoms with Gasteiger partial charge in [-0.1, -0.05) is 41.4 Å². The molecule has 0 amide bonds. The fraction of sp³-hybridized carbons (Fsp3) is 0.120. The van der Waals surface area contributed by atoms with Crippen LogP contribution in [0.2, 0.25) is 10.0 Å². The lowest BCUT2D eigenvalue weighted by molar-refractivity contribution is -0.129. The Labute approximate surface area is 201 Å². The summed E-state index contributed by atoms with van der Waals surface area (Å²) < 4.78 is 21.9. The summed E-state index contributed by atoms with van der Waals surface area (Å²) >= 11 is 12.1. The van der Waals surface area contributed by atoms with Gasteiger partial charge in [-0.25, -0.2) is 9.79 Å². The van der Waals surface area contributed by atoms with E-state index in [0.29, 0.717) is 38.4 Å². The Kier molecular flexibility index (Phi) is 6.87. The van der Waals surface area contributed by atoms with Gasteiger partial charge < -0.3 is 18.9 Å². The zero-order chi connectivity index (χ0) is 23.4. The summed E-state index contributed by atoms with van der Waals surface area (Å²) in [7, 11) is 3.11. The predicted molar refractivity (Wildman–Crippen MR) is 127 cm³/mol. The molecule has 1 heterocycles.